The molecular weight excluding hydrogens is 204 g/mol. The van der Waals surface area contributed by atoms with Gasteiger partial charge in [-0.2, -0.15) is 0 Å². The lowest BCUT2D eigenvalue weighted by molar-refractivity contribution is -0.129. The predicted octanol–water partition coefficient (Wildman–Crippen LogP) is 1.67. The summed E-state index contributed by atoms with van der Waals surface area (Å²) in [7, 11) is 1.89. The Hall–Kier alpha value is -1.68. The number of nitrogens with one attached hydrogen (secondary N) is 1. The van der Waals surface area contributed by atoms with Gasteiger partial charge in [-0.15, -0.1) is 0 Å². The lowest BCUT2D eigenvalue weighted by Crippen LogP contribution is -2.22. The minimum Gasteiger partial charge on any atom is -0.463 e. The van der Waals surface area contributed by atoms with Crippen LogP contribution in [0.5, 0.6) is 0 Å². The average Bonchev–Trinajstić information content (AvgIpc) is 2.34. The Labute approximate surface area is 95.3 Å². The molecule has 0 spiro atoms. The molecule has 1 aromatic carbocycles. The third-order valence-corrected chi connectivity index (χ3v) is 2.16. The molecule has 1 unspecified atom stereocenters. The third kappa shape index (κ3) is 4.23. The highest BCUT2D eigenvalue weighted by Crippen LogP contribution is 2.13. The van der Waals surface area contributed by atoms with Gasteiger partial charge in [-0.3, -0.25) is 9.79 Å². The molecule has 4 heteroatoms. The fourth-order valence-electron chi connectivity index (χ4n) is 1.08. The lowest BCUT2D eigenvalue weighted by Gasteiger charge is -2.02. The Kier molecular flexibility index (Phi) is 5.22. The maximum Gasteiger partial charge on any atom is 0.293 e. The molecule has 1 aromatic rings. The fourth-order valence-corrected chi connectivity index (χ4v) is 1.08. The van der Waals surface area contributed by atoms with Gasteiger partial charge in [0.1, 0.15) is 6.61 Å². The minimum atomic E-state index is 0.248. The summed E-state index contributed by atoms with van der Waals surface area (Å²) < 4.78 is 4.65. The number of hydrogen-bond donors (Lipinski definition) is 1. The molecule has 4 nitrogen and oxygen atoms in total. The minimum absolute atomic E-state index is 0.248. The second-order valence-corrected chi connectivity index (χ2v) is 3.43. The fraction of sp³-hybridized carbons (Fsp3) is 0.333. The van der Waals surface area contributed by atoms with Crippen molar-refractivity contribution in [1.29, 1.82) is 0 Å². The summed E-state index contributed by atoms with van der Waals surface area (Å²) in [5.74, 6) is 0. The molecule has 0 bridgehead atoms. The molecule has 0 radical (unpaired) electrons. The SMILES string of the molecule is CNC(C)C=Nc1ccc(COC=O)cc1. The van der Waals surface area contributed by atoms with Crippen LogP contribution < -0.4 is 5.32 Å². The van der Waals surface area contributed by atoms with E-state index < -0.39 is 0 Å². The topological polar surface area (TPSA) is 50.7 Å². The normalized spacial score (nSPS) is 12.6. The van der Waals surface area contributed by atoms with Gasteiger partial charge in [0.15, 0.2) is 0 Å². The van der Waals surface area contributed by atoms with Crippen molar-refractivity contribution in [2.45, 2.75) is 19.6 Å². The zero-order valence-corrected chi connectivity index (χ0v) is 9.51. The smallest absolute Gasteiger partial charge is 0.293 e. The molecule has 0 aliphatic rings. The summed E-state index contributed by atoms with van der Waals surface area (Å²) in [6.45, 7) is 2.77. The van der Waals surface area contributed by atoms with E-state index in [2.05, 4.69) is 15.0 Å². The first-order valence-corrected chi connectivity index (χ1v) is 5.12. The molecule has 0 amide bonds. The van der Waals surface area contributed by atoms with Crippen molar-refractivity contribution in [2.24, 2.45) is 4.99 Å². The largest absolute Gasteiger partial charge is 0.463 e. The van der Waals surface area contributed by atoms with Crippen molar-refractivity contribution in [1.82, 2.24) is 5.32 Å². The predicted molar refractivity (Wildman–Crippen MR) is 64.0 cm³/mol. The average molecular weight is 220 g/mol. The van der Waals surface area contributed by atoms with Gasteiger partial charge in [-0.1, -0.05) is 12.1 Å². The Morgan fingerprint density at radius 3 is 2.69 bits per heavy atom. The van der Waals surface area contributed by atoms with E-state index in [9.17, 15) is 4.79 Å². The maximum atomic E-state index is 10.0. The van der Waals surface area contributed by atoms with Crippen LogP contribution in [0.4, 0.5) is 5.69 Å². The molecule has 0 aliphatic heterocycles. The maximum absolute atomic E-state index is 10.0. The van der Waals surface area contributed by atoms with E-state index in [-0.39, 0.29) is 6.04 Å². The zero-order valence-electron chi connectivity index (χ0n) is 9.51. The van der Waals surface area contributed by atoms with Gasteiger partial charge in [-0.25, -0.2) is 0 Å². The molecule has 1 rings (SSSR count). The first-order chi connectivity index (χ1) is 7.76. The van der Waals surface area contributed by atoms with Crippen LogP contribution in [0.2, 0.25) is 0 Å². The molecule has 1 atom stereocenters. The van der Waals surface area contributed by atoms with Gasteiger partial charge in [0.25, 0.3) is 6.47 Å². The molecule has 0 aromatic heterocycles. The van der Waals surface area contributed by atoms with Crippen LogP contribution in [-0.2, 0) is 16.1 Å². The number of hydrogen-bond acceptors (Lipinski definition) is 4. The molecule has 16 heavy (non-hydrogen) atoms. The van der Waals surface area contributed by atoms with E-state index >= 15 is 0 Å². The molecule has 86 valence electrons. The summed E-state index contributed by atoms with van der Waals surface area (Å²) in [4.78, 5) is 14.3. The highest BCUT2D eigenvalue weighted by Gasteiger charge is 1.94. The van der Waals surface area contributed by atoms with Crippen LogP contribution in [-0.4, -0.2) is 25.8 Å². The number of benzene rings is 1. The zero-order chi connectivity index (χ0) is 11.8. The third-order valence-electron chi connectivity index (χ3n) is 2.16. The molecule has 0 saturated heterocycles. The molecule has 0 heterocycles. The highest BCUT2D eigenvalue weighted by atomic mass is 16.5. The Bertz CT molecular complexity index is 347. The number of nitrogens with zero attached hydrogens (tertiary/aromatic N) is 1. The summed E-state index contributed by atoms with van der Waals surface area (Å²) in [6, 6.07) is 7.81. The number of aliphatic imine (C=N–C) groups is 1. The van der Waals surface area contributed by atoms with Crippen LogP contribution in [0, 0.1) is 0 Å². The Balaban J connectivity index is 2.57. The quantitative estimate of drug-likeness (QED) is 0.586. The van der Waals surface area contributed by atoms with E-state index in [1.807, 2.05) is 44.5 Å². The second-order valence-electron chi connectivity index (χ2n) is 3.43. The summed E-state index contributed by atoms with van der Waals surface area (Å²) in [5.41, 5.74) is 1.84. The molecule has 0 fully saturated rings. The first-order valence-electron chi connectivity index (χ1n) is 5.12. The number of carbonyl (C=O) groups is 1. The highest BCUT2D eigenvalue weighted by molar-refractivity contribution is 5.68. The Morgan fingerprint density at radius 1 is 1.44 bits per heavy atom. The van der Waals surface area contributed by atoms with Gasteiger partial charge in [0, 0.05) is 12.3 Å². The van der Waals surface area contributed by atoms with E-state index in [1.54, 1.807) is 0 Å². The second kappa shape index (κ2) is 6.74. The van der Waals surface area contributed by atoms with Crippen molar-refractivity contribution in [3.63, 3.8) is 0 Å². The van der Waals surface area contributed by atoms with Crippen molar-refractivity contribution in [2.75, 3.05) is 7.05 Å². The number of carbonyl (C=O) groups excluding carboxylic acids is 1. The number of ether oxygens (including phenoxy) is 1. The van der Waals surface area contributed by atoms with Crippen LogP contribution in [0.25, 0.3) is 0 Å². The van der Waals surface area contributed by atoms with Crippen molar-refractivity contribution in [3.8, 4) is 0 Å². The molecular formula is C12H16N2O2. The van der Waals surface area contributed by atoms with Gasteiger partial charge in [-0.05, 0) is 31.7 Å². The standard InChI is InChI=1S/C12H16N2O2/c1-10(13-2)7-14-12-5-3-11(4-6-12)8-16-9-15/h3-7,9-10,13H,8H2,1-2H3. The van der Waals surface area contributed by atoms with Crippen molar-refractivity contribution >= 4 is 18.4 Å². The van der Waals surface area contributed by atoms with Crippen LogP contribution >= 0.6 is 0 Å². The van der Waals surface area contributed by atoms with Gasteiger partial charge >= 0.3 is 0 Å². The molecule has 0 saturated carbocycles. The van der Waals surface area contributed by atoms with E-state index in [4.69, 9.17) is 0 Å². The van der Waals surface area contributed by atoms with Crippen LogP contribution in [0.3, 0.4) is 0 Å². The first kappa shape index (κ1) is 12.4. The molecule has 0 aliphatic carbocycles. The van der Waals surface area contributed by atoms with E-state index in [0.717, 1.165) is 11.3 Å². The van der Waals surface area contributed by atoms with Crippen LogP contribution in [0.1, 0.15) is 12.5 Å². The van der Waals surface area contributed by atoms with Gasteiger partial charge < -0.3 is 10.1 Å². The van der Waals surface area contributed by atoms with Gasteiger partial charge in [0.2, 0.25) is 0 Å². The van der Waals surface area contributed by atoms with Crippen molar-refractivity contribution in [3.05, 3.63) is 29.8 Å². The summed E-state index contributed by atoms with van der Waals surface area (Å²) in [6.07, 6.45) is 1.84. The van der Waals surface area contributed by atoms with Crippen molar-refractivity contribution < 1.29 is 9.53 Å². The summed E-state index contributed by atoms with van der Waals surface area (Å²) in [5, 5.41) is 3.07. The van der Waals surface area contributed by atoms with E-state index in [1.165, 1.54) is 0 Å². The van der Waals surface area contributed by atoms with Gasteiger partial charge in [0.05, 0.1) is 5.69 Å². The lowest BCUT2D eigenvalue weighted by atomic mass is 10.2. The van der Waals surface area contributed by atoms with Crippen LogP contribution in [0.15, 0.2) is 29.3 Å². The monoisotopic (exact) mass is 220 g/mol. The Morgan fingerprint density at radius 2 is 2.12 bits per heavy atom. The molecule has 1 N–H and O–H groups in total. The summed E-state index contributed by atoms with van der Waals surface area (Å²) >= 11 is 0. The number of rotatable bonds is 6. The van der Waals surface area contributed by atoms with E-state index in [0.29, 0.717) is 13.1 Å².